The predicted molar refractivity (Wildman–Crippen MR) is 67.9 cm³/mol. The number of guanidine groups is 1. The van der Waals surface area contributed by atoms with E-state index in [0.29, 0.717) is 5.92 Å². The average Bonchev–Trinajstić information content (AvgIpc) is 2.90. The first-order valence-corrected chi connectivity index (χ1v) is 7.01. The Hall–Kier alpha value is -0.770. The minimum atomic E-state index is -0.384. The number of rotatable bonds is 3. The average molecular weight is 237 g/mol. The van der Waals surface area contributed by atoms with Crippen LogP contribution in [0.25, 0.3) is 0 Å². The van der Waals surface area contributed by atoms with Gasteiger partial charge >= 0.3 is 0 Å². The first kappa shape index (κ1) is 11.3. The highest BCUT2D eigenvalue weighted by molar-refractivity contribution is 5.80. The summed E-state index contributed by atoms with van der Waals surface area (Å²) >= 11 is 0. The molecule has 2 aliphatic carbocycles. The van der Waals surface area contributed by atoms with E-state index in [2.05, 4.69) is 15.6 Å². The second-order valence-corrected chi connectivity index (χ2v) is 5.87. The van der Waals surface area contributed by atoms with Gasteiger partial charge in [-0.3, -0.25) is 4.99 Å². The molecule has 0 aromatic carbocycles. The molecule has 2 saturated carbocycles. The van der Waals surface area contributed by atoms with Gasteiger partial charge in [-0.2, -0.15) is 0 Å². The van der Waals surface area contributed by atoms with E-state index in [9.17, 15) is 5.11 Å². The van der Waals surface area contributed by atoms with Gasteiger partial charge in [0.05, 0.1) is 5.60 Å². The molecule has 4 nitrogen and oxygen atoms in total. The zero-order chi connectivity index (χ0) is 11.7. The maximum atomic E-state index is 10.6. The Morgan fingerprint density at radius 2 is 2.41 bits per heavy atom. The van der Waals surface area contributed by atoms with Gasteiger partial charge in [0.2, 0.25) is 0 Å². The van der Waals surface area contributed by atoms with Crippen LogP contribution in [0.15, 0.2) is 4.99 Å². The van der Waals surface area contributed by atoms with Crippen LogP contribution in [0.2, 0.25) is 0 Å². The monoisotopic (exact) mass is 237 g/mol. The molecule has 96 valence electrons. The first-order chi connectivity index (χ1) is 8.26. The van der Waals surface area contributed by atoms with E-state index >= 15 is 0 Å². The number of hydrogen-bond acceptors (Lipinski definition) is 4. The van der Waals surface area contributed by atoms with Crippen molar-refractivity contribution in [1.29, 1.82) is 0 Å². The summed E-state index contributed by atoms with van der Waals surface area (Å²) in [6, 6.07) is 0. The molecule has 2 bridgehead atoms. The molecule has 2 fully saturated rings. The van der Waals surface area contributed by atoms with E-state index in [1.807, 2.05) is 0 Å². The van der Waals surface area contributed by atoms with Crippen LogP contribution in [0.4, 0.5) is 0 Å². The second kappa shape index (κ2) is 4.48. The van der Waals surface area contributed by atoms with Crippen LogP contribution in [0.5, 0.6) is 0 Å². The molecule has 4 heteroatoms. The maximum absolute atomic E-state index is 10.6. The molecule has 3 unspecified atom stereocenters. The quantitative estimate of drug-likeness (QED) is 0.682. The van der Waals surface area contributed by atoms with Crippen molar-refractivity contribution in [1.82, 2.24) is 10.6 Å². The summed E-state index contributed by atoms with van der Waals surface area (Å²) in [5.41, 5.74) is -0.384. The van der Waals surface area contributed by atoms with Crippen molar-refractivity contribution in [3.63, 3.8) is 0 Å². The van der Waals surface area contributed by atoms with Gasteiger partial charge in [0.15, 0.2) is 5.96 Å². The van der Waals surface area contributed by atoms with Gasteiger partial charge < -0.3 is 15.7 Å². The lowest BCUT2D eigenvalue weighted by Crippen LogP contribution is -2.44. The third-order valence-electron chi connectivity index (χ3n) is 4.69. The van der Waals surface area contributed by atoms with E-state index in [0.717, 1.165) is 50.8 Å². The van der Waals surface area contributed by atoms with Crippen molar-refractivity contribution in [3.8, 4) is 0 Å². The minimum Gasteiger partial charge on any atom is -0.390 e. The Morgan fingerprint density at radius 1 is 1.47 bits per heavy atom. The SMILES string of the molecule is OC1(CCNC2=NCCCN2)CC2CCC1C2. The zero-order valence-corrected chi connectivity index (χ0v) is 10.4. The molecule has 3 atom stereocenters. The third kappa shape index (κ3) is 2.28. The van der Waals surface area contributed by atoms with Crippen molar-refractivity contribution >= 4 is 5.96 Å². The van der Waals surface area contributed by atoms with Gasteiger partial charge in [-0.1, -0.05) is 0 Å². The standard InChI is InChI=1S/C13H23N3O/c17-13(9-10-2-3-11(13)8-10)4-7-16-12-14-5-1-6-15-12/h10-11,17H,1-9H2,(H2,14,15,16). The van der Waals surface area contributed by atoms with E-state index in [-0.39, 0.29) is 5.60 Å². The van der Waals surface area contributed by atoms with Gasteiger partial charge in [-0.15, -0.1) is 0 Å². The number of hydrogen-bond donors (Lipinski definition) is 3. The molecule has 0 saturated heterocycles. The largest absolute Gasteiger partial charge is 0.390 e. The lowest BCUT2D eigenvalue weighted by atomic mass is 9.82. The van der Waals surface area contributed by atoms with Crippen molar-refractivity contribution in [3.05, 3.63) is 0 Å². The van der Waals surface area contributed by atoms with Crippen molar-refractivity contribution in [2.75, 3.05) is 19.6 Å². The van der Waals surface area contributed by atoms with Gasteiger partial charge in [0, 0.05) is 19.6 Å². The summed E-state index contributed by atoms with van der Waals surface area (Å²) in [6.07, 6.45) is 6.86. The summed E-state index contributed by atoms with van der Waals surface area (Å²) in [6.45, 7) is 2.77. The van der Waals surface area contributed by atoms with Crippen LogP contribution in [-0.2, 0) is 0 Å². The Bertz CT molecular complexity index is 318. The van der Waals surface area contributed by atoms with Crippen molar-refractivity contribution < 1.29 is 5.11 Å². The summed E-state index contributed by atoms with van der Waals surface area (Å²) in [4.78, 5) is 4.38. The highest BCUT2D eigenvalue weighted by Crippen LogP contribution is 2.51. The second-order valence-electron chi connectivity index (χ2n) is 5.87. The first-order valence-electron chi connectivity index (χ1n) is 7.01. The highest BCUT2D eigenvalue weighted by atomic mass is 16.3. The zero-order valence-electron chi connectivity index (χ0n) is 10.4. The summed E-state index contributed by atoms with van der Waals surface area (Å²) < 4.78 is 0. The maximum Gasteiger partial charge on any atom is 0.191 e. The lowest BCUT2D eigenvalue weighted by molar-refractivity contribution is -0.0191. The third-order valence-corrected chi connectivity index (χ3v) is 4.69. The molecule has 0 aromatic heterocycles. The van der Waals surface area contributed by atoms with Crippen LogP contribution in [0, 0.1) is 11.8 Å². The molecule has 3 aliphatic rings. The van der Waals surface area contributed by atoms with Crippen LogP contribution in [-0.4, -0.2) is 36.3 Å². The van der Waals surface area contributed by atoms with E-state index in [1.165, 1.54) is 19.3 Å². The number of nitrogens with one attached hydrogen (secondary N) is 2. The molecule has 0 spiro atoms. The molecule has 0 radical (unpaired) electrons. The molecular weight excluding hydrogens is 214 g/mol. The molecule has 1 aliphatic heterocycles. The van der Waals surface area contributed by atoms with E-state index in [1.54, 1.807) is 0 Å². The van der Waals surface area contributed by atoms with Crippen LogP contribution in [0.1, 0.15) is 38.5 Å². The molecule has 1 heterocycles. The fraction of sp³-hybridized carbons (Fsp3) is 0.923. The summed E-state index contributed by atoms with van der Waals surface area (Å²) in [5.74, 6) is 2.29. The van der Waals surface area contributed by atoms with Gasteiger partial charge in [0.25, 0.3) is 0 Å². The van der Waals surface area contributed by atoms with Gasteiger partial charge in [0.1, 0.15) is 0 Å². The lowest BCUT2D eigenvalue weighted by Gasteiger charge is -2.32. The molecule has 0 amide bonds. The van der Waals surface area contributed by atoms with Crippen LogP contribution < -0.4 is 10.6 Å². The normalized spacial score (nSPS) is 39.9. The Morgan fingerprint density at radius 3 is 3.06 bits per heavy atom. The number of aliphatic hydroxyl groups is 1. The fourth-order valence-corrected chi connectivity index (χ4v) is 3.77. The Labute approximate surface area is 103 Å². The number of aliphatic imine (C=N–C) groups is 1. The van der Waals surface area contributed by atoms with E-state index < -0.39 is 0 Å². The number of nitrogens with zero attached hydrogens (tertiary/aromatic N) is 1. The van der Waals surface area contributed by atoms with Gasteiger partial charge in [-0.25, -0.2) is 0 Å². The van der Waals surface area contributed by atoms with Crippen LogP contribution in [0.3, 0.4) is 0 Å². The highest BCUT2D eigenvalue weighted by Gasteiger charge is 2.49. The smallest absolute Gasteiger partial charge is 0.191 e. The predicted octanol–water partition coefficient (Wildman–Crippen LogP) is 0.866. The molecule has 3 N–H and O–H groups in total. The van der Waals surface area contributed by atoms with Gasteiger partial charge in [-0.05, 0) is 50.4 Å². The summed E-state index contributed by atoms with van der Waals surface area (Å²) in [7, 11) is 0. The number of fused-ring (bicyclic) bond motifs is 2. The molecule has 3 rings (SSSR count). The van der Waals surface area contributed by atoms with Crippen LogP contribution >= 0.6 is 0 Å². The fourth-order valence-electron chi connectivity index (χ4n) is 3.77. The minimum absolute atomic E-state index is 0.384. The Kier molecular flexibility index (Phi) is 2.99. The molecule has 17 heavy (non-hydrogen) atoms. The van der Waals surface area contributed by atoms with Crippen molar-refractivity contribution in [2.45, 2.75) is 44.1 Å². The van der Waals surface area contributed by atoms with E-state index in [4.69, 9.17) is 0 Å². The Balaban J connectivity index is 1.46. The topological polar surface area (TPSA) is 56.6 Å². The van der Waals surface area contributed by atoms with Crippen molar-refractivity contribution in [2.24, 2.45) is 16.8 Å². The molecule has 0 aromatic rings. The molecular formula is C13H23N3O. The summed E-state index contributed by atoms with van der Waals surface area (Å²) in [5, 5.41) is 17.2.